The average molecular weight is 544 g/mol. The number of alkyl halides is 3. The van der Waals surface area contributed by atoms with Crippen molar-refractivity contribution in [1.82, 2.24) is 24.8 Å². The number of carbonyl (C=O) groups is 1. The van der Waals surface area contributed by atoms with Crippen LogP contribution in [0.25, 0.3) is 0 Å². The minimum Gasteiger partial charge on any atom is -0.424 e. The summed E-state index contributed by atoms with van der Waals surface area (Å²) in [5, 5.41) is 0. The molecule has 4 rings (SSSR count). The summed E-state index contributed by atoms with van der Waals surface area (Å²) in [6.07, 6.45) is -0.455. The van der Waals surface area contributed by atoms with Crippen molar-refractivity contribution in [2.75, 3.05) is 25.9 Å². The Morgan fingerprint density at radius 2 is 2.05 bits per heavy atom. The number of hydrogen-bond acceptors (Lipinski definition) is 8. The van der Waals surface area contributed by atoms with Crippen molar-refractivity contribution in [1.29, 1.82) is 0 Å². The van der Waals surface area contributed by atoms with Crippen molar-refractivity contribution in [2.45, 2.75) is 25.4 Å². The molecular formula is C26H25F4N7O2. The number of carbonyl (C=O) groups excluding carboxylic acids is 1. The van der Waals surface area contributed by atoms with Gasteiger partial charge in [0.05, 0.1) is 17.0 Å². The van der Waals surface area contributed by atoms with Crippen LogP contribution in [0.15, 0.2) is 54.4 Å². The molecule has 2 unspecified atom stereocenters. The first-order chi connectivity index (χ1) is 18.5. The maximum absolute atomic E-state index is 15.4. The van der Waals surface area contributed by atoms with Gasteiger partial charge in [-0.2, -0.15) is 18.2 Å². The highest BCUT2D eigenvalue weighted by atomic mass is 19.4. The summed E-state index contributed by atoms with van der Waals surface area (Å²) < 4.78 is 59.5. The number of aromatic nitrogens is 4. The number of anilines is 1. The fourth-order valence-electron chi connectivity index (χ4n) is 4.52. The summed E-state index contributed by atoms with van der Waals surface area (Å²) >= 11 is 0. The van der Waals surface area contributed by atoms with E-state index in [1.54, 1.807) is 4.90 Å². The molecule has 0 spiro atoms. The molecular weight excluding hydrogens is 518 g/mol. The number of nitrogen functional groups attached to an aromatic ring is 1. The van der Waals surface area contributed by atoms with E-state index < -0.39 is 23.7 Å². The van der Waals surface area contributed by atoms with E-state index in [1.165, 1.54) is 31.6 Å². The molecule has 39 heavy (non-hydrogen) atoms. The summed E-state index contributed by atoms with van der Waals surface area (Å²) in [5.74, 6) is -1.05. The predicted octanol–water partition coefficient (Wildman–Crippen LogP) is 4.40. The minimum absolute atomic E-state index is 0.0552. The standard InChI is InChI=1S/C26H25F4N7O2/c1-4-20(38)37-10-8-15(12-37)14(2)22-21(24(31)35-13-34-22)23(32-3)17-6-5-16(11-18(17)27)39-25-33-9-7-19(36-25)26(28,29)30/h4-7,9,11,13-15H,1,8,10,12H2,2-3H3,(H2,31,34,35). The van der Waals surface area contributed by atoms with Crippen molar-refractivity contribution in [3.8, 4) is 11.8 Å². The van der Waals surface area contributed by atoms with E-state index in [9.17, 15) is 18.0 Å². The molecule has 13 heteroatoms. The third-order valence-corrected chi connectivity index (χ3v) is 6.54. The molecule has 2 aromatic heterocycles. The normalized spacial score (nSPS) is 16.7. The second-order valence-electron chi connectivity index (χ2n) is 8.88. The third-order valence-electron chi connectivity index (χ3n) is 6.54. The molecule has 9 nitrogen and oxygen atoms in total. The Bertz CT molecular complexity index is 1430. The van der Waals surface area contributed by atoms with Gasteiger partial charge in [0.2, 0.25) is 5.91 Å². The number of nitrogens with two attached hydrogens (primary N) is 1. The molecule has 3 aromatic rings. The lowest BCUT2D eigenvalue weighted by Crippen LogP contribution is -2.28. The van der Waals surface area contributed by atoms with Gasteiger partial charge >= 0.3 is 12.2 Å². The molecule has 1 amide bonds. The van der Waals surface area contributed by atoms with Crippen LogP contribution in [0.2, 0.25) is 0 Å². The highest BCUT2D eigenvalue weighted by molar-refractivity contribution is 6.16. The van der Waals surface area contributed by atoms with Gasteiger partial charge in [-0.3, -0.25) is 9.79 Å². The zero-order valence-electron chi connectivity index (χ0n) is 21.1. The molecule has 3 heterocycles. The number of aliphatic imine (C=N–C) groups is 1. The van der Waals surface area contributed by atoms with Gasteiger partial charge in [-0.1, -0.05) is 13.5 Å². The number of likely N-dealkylation sites (tertiary alicyclic amines) is 1. The maximum Gasteiger partial charge on any atom is 0.433 e. The maximum atomic E-state index is 15.4. The zero-order valence-corrected chi connectivity index (χ0v) is 21.1. The zero-order chi connectivity index (χ0) is 28.3. The lowest BCUT2D eigenvalue weighted by Gasteiger charge is -2.23. The van der Waals surface area contributed by atoms with E-state index in [1.807, 2.05) is 6.92 Å². The van der Waals surface area contributed by atoms with Crippen LogP contribution in [-0.2, 0) is 11.0 Å². The Morgan fingerprint density at radius 3 is 2.72 bits per heavy atom. The number of ether oxygens (including phenoxy) is 1. The molecule has 0 bridgehead atoms. The first-order valence-electron chi connectivity index (χ1n) is 11.9. The fraction of sp³-hybridized carbons (Fsp3) is 0.308. The van der Waals surface area contributed by atoms with Gasteiger partial charge in [0.1, 0.15) is 23.7 Å². The predicted molar refractivity (Wildman–Crippen MR) is 135 cm³/mol. The van der Waals surface area contributed by atoms with Gasteiger partial charge < -0.3 is 15.4 Å². The van der Waals surface area contributed by atoms with Gasteiger partial charge in [0.25, 0.3) is 0 Å². The Morgan fingerprint density at radius 1 is 1.28 bits per heavy atom. The monoisotopic (exact) mass is 543 g/mol. The quantitative estimate of drug-likeness (QED) is 0.266. The highest BCUT2D eigenvalue weighted by Crippen LogP contribution is 2.35. The number of amides is 1. The van der Waals surface area contributed by atoms with Crippen molar-refractivity contribution in [3.05, 3.63) is 77.8 Å². The van der Waals surface area contributed by atoms with Crippen molar-refractivity contribution >= 4 is 17.4 Å². The lowest BCUT2D eigenvalue weighted by molar-refractivity contribution is -0.141. The molecule has 204 valence electrons. The number of halogens is 4. The molecule has 1 aromatic carbocycles. The van der Waals surface area contributed by atoms with Gasteiger partial charge in [0.15, 0.2) is 5.69 Å². The Balaban J connectivity index is 1.63. The molecule has 1 fully saturated rings. The molecule has 1 aliphatic heterocycles. The third kappa shape index (κ3) is 5.86. The molecule has 1 aliphatic rings. The van der Waals surface area contributed by atoms with Crippen molar-refractivity contribution in [3.63, 3.8) is 0 Å². The summed E-state index contributed by atoms with van der Waals surface area (Å²) in [7, 11) is 1.47. The Labute approximate surface area is 221 Å². The molecule has 0 saturated carbocycles. The molecule has 2 atom stereocenters. The Hall–Kier alpha value is -4.42. The minimum atomic E-state index is -4.69. The van der Waals surface area contributed by atoms with Gasteiger partial charge in [-0.05, 0) is 36.6 Å². The molecule has 0 radical (unpaired) electrons. The van der Waals surface area contributed by atoms with E-state index in [-0.39, 0.29) is 40.6 Å². The highest BCUT2D eigenvalue weighted by Gasteiger charge is 2.34. The van der Waals surface area contributed by atoms with Gasteiger partial charge in [-0.15, -0.1) is 0 Å². The molecule has 1 saturated heterocycles. The number of rotatable bonds is 7. The van der Waals surface area contributed by atoms with Crippen LogP contribution >= 0.6 is 0 Å². The van der Waals surface area contributed by atoms with Crippen molar-refractivity contribution < 1.29 is 27.1 Å². The summed E-state index contributed by atoms with van der Waals surface area (Å²) in [5.41, 5.74) is 6.20. The Kier molecular flexibility index (Phi) is 7.88. The van der Waals surface area contributed by atoms with E-state index in [0.29, 0.717) is 30.4 Å². The van der Waals surface area contributed by atoms with E-state index in [2.05, 4.69) is 31.5 Å². The van der Waals surface area contributed by atoms with Gasteiger partial charge in [-0.25, -0.2) is 19.3 Å². The second kappa shape index (κ2) is 11.1. The topological polar surface area (TPSA) is 119 Å². The SMILES string of the molecule is C=CC(=O)N1CCC(C(C)c2ncnc(N)c2C(=NC)c2ccc(Oc3nccc(C(F)(F)F)n3)cc2F)C1. The smallest absolute Gasteiger partial charge is 0.424 e. The molecule has 0 aliphatic carbocycles. The van der Waals surface area contributed by atoms with Crippen LogP contribution in [0.4, 0.5) is 23.4 Å². The summed E-state index contributed by atoms with van der Waals surface area (Å²) in [6, 6.07) is 3.82. The lowest BCUT2D eigenvalue weighted by atomic mass is 9.86. The van der Waals surface area contributed by atoms with Crippen LogP contribution in [0.5, 0.6) is 11.8 Å². The first kappa shape index (κ1) is 27.6. The molecule has 2 N–H and O–H groups in total. The van der Waals surface area contributed by atoms with Crippen LogP contribution in [0.3, 0.4) is 0 Å². The van der Waals surface area contributed by atoms with E-state index in [0.717, 1.165) is 18.7 Å². The van der Waals surface area contributed by atoms with Crippen LogP contribution in [-0.4, -0.2) is 56.6 Å². The van der Waals surface area contributed by atoms with Gasteiger partial charge in [0, 0.05) is 43.9 Å². The summed E-state index contributed by atoms with van der Waals surface area (Å²) in [6.45, 7) is 6.57. The fourth-order valence-corrected chi connectivity index (χ4v) is 4.52. The van der Waals surface area contributed by atoms with E-state index in [4.69, 9.17) is 10.5 Å². The largest absolute Gasteiger partial charge is 0.433 e. The van der Waals surface area contributed by atoms with E-state index >= 15 is 4.39 Å². The first-order valence-corrected chi connectivity index (χ1v) is 11.9. The number of hydrogen-bond donors (Lipinski definition) is 1. The summed E-state index contributed by atoms with van der Waals surface area (Å²) in [4.78, 5) is 33.6. The average Bonchev–Trinajstić information content (AvgIpc) is 3.40. The van der Waals surface area contributed by atoms with Crippen LogP contribution in [0, 0.1) is 11.7 Å². The van der Waals surface area contributed by atoms with Crippen LogP contribution < -0.4 is 10.5 Å². The van der Waals surface area contributed by atoms with Crippen molar-refractivity contribution in [2.24, 2.45) is 10.9 Å². The van der Waals surface area contributed by atoms with Crippen LogP contribution in [0.1, 0.15) is 41.8 Å². The number of nitrogens with zero attached hydrogens (tertiary/aromatic N) is 6. The number of benzene rings is 1. The second-order valence-corrected chi connectivity index (χ2v) is 8.88.